The number of carbonyl (C=O) groups is 2. The number of thiophene rings is 1. The molecule has 0 N–H and O–H groups in total. The van der Waals surface area contributed by atoms with Crippen molar-refractivity contribution in [1.82, 2.24) is 14.7 Å². The molecule has 2 fully saturated rings. The van der Waals surface area contributed by atoms with Gasteiger partial charge in [-0.25, -0.2) is 0 Å². The van der Waals surface area contributed by atoms with Crippen LogP contribution < -0.4 is 0 Å². The zero-order valence-electron chi connectivity index (χ0n) is 14.6. The van der Waals surface area contributed by atoms with Crippen LogP contribution in [0.2, 0.25) is 0 Å². The molecule has 0 atom stereocenters. The lowest BCUT2D eigenvalue weighted by atomic mass is 9.79. The summed E-state index contributed by atoms with van der Waals surface area (Å²) in [6.45, 7) is 5.90. The minimum absolute atomic E-state index is 0.0844. The third-order valence-corrected chi connectivity index (χ3v) is 5.76. The van der Waals surface area contributed by atoms with Crippen LogP contribution in [0.3, 0.4) is 0 Å². The number of hydrogen-bond donors (Lipinski definition) is 0. The molecule has 0 unspecified atom stereocenters. The lowest BCUT2D eigenvalue weighted by molar-refractivity contribution is -0.137. The summed E-state index contributed by atoms with van der Waals surface area (Å²) in [5.41, 5.74) is 0.118. The van der Waals surface area contributed by atoms with Gasteiger partial charge in [0.2, 0.25) is 5.91 Å². The second-order valence-corrected chi connectivity index (χ2v) is 8.53. The summed E-state index contributed by atoms with van der Waals surface area (Å²) >= 11 is 1.56. The Morgan fingerprint density at radius 3 is 2.58 bits per heavy atom. The smallest absolute Gasteiger partial charge is 0.263 e. The van der Waals surface area contributed by atoms with Gasteiger partial charge in [-0.3, -0.25) is 9.59 Å². The van der Waals surface area contributed by atoms with E-state index in [9.17, 15) is 9.59 Å². The predicted molar refractivity (Wildman–Crippen MR) is 96.3 cm³/mol. The molecule has 2 saturated heterocycles. The third kappa shape index (κ3) is 3.54. The number of carbonyl (C=O) groups excluding carboxylic acids is 2. The first-order chi connectivity index (χ1) is 11.4. The van der Waals surface area contributed by atoms with Gasteiger partial charge in [0.25, 0.3) is 5.91 Å². The first-order valence-corrected chi connectivity index (χ1v) is 9.16. The molecular weight excluding hydrogens is 322 g/mol. The van der Waals surface area contributed by atoms with Crippen molar-refractivity contribution in [3.63, 3.8) is 0 Å². The normalized spacial score (nSPS) is 19.5. The van der Waals surface area contributed by atoms with E-state index in [0.29, 0.717) is 0 Å². The summed E-state index contributed by atoms with van der Waals surface area (Å²) in [4.78, 5) is 32.5. The Bertz CT molecular complexity index is 659. The number of aryl methyl sites for hydroxylation is 1. The molecule has 3 rings (SSSR count). The Kier molecular flexibility index (Phi) is 4.78. The highest BCUT2D eigenvalue weighted by Crippen LogP contribution is 2.40. The van der Waals surface area contributed by atoms with Crippen LogP contribution >= 0.6 is 11.3 Å². The maximum atomic E-state index is 12.5. The molecule has 0 aliphatic carbocycles. The van der Waals surface area contributed by atoms with Gasteiger partial charge in [-0.15, -0.1) is 11.3 Å². The van der Waals surface area contributed by atoms with Gasteiger partial charge in [-0.05, 0) is 39.6 Å². The molecule has 2 aliphatic rings. The Hall–Kier alpha value is -1.66. The Balaban J connectivity index is 1.51. The minimum atomic E-state index is 0.0844. The summed E-state index contributed by atoms with van der Waals surface area (Å²) < 4.78 is 0. The summed E-state index contributed by atoms with van der Waals surface area (Å²) in [7, 11) is 3.96. The highest BCUT2D eigenvalue weighted by Gasteiger charge is 2.49. The van der Waals surface area contributed by atoms with E-state index in [-0.39, 0.29) is 17.2 Å². The Labute approximate surface area is 147 Å². The Morgan fingerprint density at radius 2 is 1.96 bits per heavy atom. The molecule has 2 amide bonds. The monoisotopic (exact) mass is 347 g/mol. The Morgan fingerprint density at radius 1 is 1.25 bits per heavy atom. The molecule has 0 bridgehead atoms. The number of nitrogens with zero attached hydrogens (tertiary/aromatic N) is 3. The van der Waals surface area contributed by atoms with Crippen molar-refractivity contribution < 1.29 is 9.59 Å². The van der Waals surface area contributed by atoms with Crippen molar-refractivity contribution in [3.8, 4) is 0 Å². The van der Waals surface area contributed by atoms with Gasteiger partial charge in [0, 0.05) is 49.1 Å². The molecule has 6 heteroatoms. The van der Waals surface area contributed by atoms with E-state index in [1.54, 1.807) is 17.4 Å². The molecule has 5 nitrogen and oxygen atoms in total. The van der Waals surface area contributed by atoms with E-state index in [1.165, 1.54) is 0 Å². The summed E-state index contributed by atoms with van der Waals surface area (Å²) in [5, 5.41) is 0. The summed E-state index contributed by atoms with van der Waals surface area (Å²) in [6, 6.07) is 3.91. The fraction of sp³-hybridized carbons (Fsp3) is 0.556. The molecule has 1 aromatic rings. The standard InChI is InChI=1S/C18H25N3O2S/c1-14-6-7-15(24-14)17(23)20-10-8-18(11-20)12-21(13-18)16(22)5-4-9-19(2)3/h4-7H,8-13H2,1-3H3/b5-4+. The van der Waals surface area contributed by atoms with E-state index in [0.717, 1.165) is 48.9 Å². The first kappa shape index (κ1) is 17.2. The van der Waals surface area contributed by atoms with Crippen molar-refractivity contribution in [3.05, 3.63) is 34.0 Å². The number of hydrogen-bond acceptors (Lipinski definition) is 4. The number of likely N-dealkylation sites (N-methyl/N-ethyl adjacent to an activating group) is 1. The number of likely N-dealkylation sites (tertiary alicyclic amines) is 2. The lowest BCUT2D eigenvalue weighted by Crippen LogP contribution is -2.59. The van der Waals surface area contributed by atoms with Crippen LogP contribution in [-0.2, 0) is 4.79 Å². The van der Waals surface area contributed by atoms with Crippen LogP contribution in [0.5, 0.6) is 0 Å². The molecular formula is C18H25N3O2S. The first-order valence-electron chi connectivity index (χ1n) is 8.34. The quantitative estimate of drug-likeness (QED) is 0.781. The van der Waals surface area contributed by atoms with Gasteiger partial charge in [0.1, 0.15) is 0 Å². The van der Waals surface area contributed by atoms with Crippen molar-refractivity contribution in [2.75, 3.05) is 46.8 Å². The van der Waals surface area contributed by atoms with Crippen molar-refractivity contribution in [2.24, 2.45) is 5.41 Å². The molecule has 1 aromatic heterocycles. The maximum Gasteiger partial charge on any atom is 0.263 e. The highest BCUT2D eigenvalue weighted by atomic mass is 32.1. The molecule has 0 saturated carbocycles. The average Bonchev–Trinajstić information content (AvgIpc) is 3.11. The van der Waals surface area contributed by atoms with Crippen LogP contribution in [-0.4, -0.2) is 73.3 Å². The van der Waals surface area contributed by atoms with E-state index >= 15 is 0 Å². The molecule has 24 heavy (non-hydrogen) atoms. The molecule has 0 radical (unpaired) electrons. The van der Waals surface area contributed by atoms with Crippen LogP contribution in [0.25, 0.3) is 0 Å². The minimum Gasteiger partial charge on any atom is -0.338 e. The fourth-order valence-electron chi connectivity index (χ4n) is 3.46. The summed E-state index contributed by atoms with van der Waals surface area (Å²) in [6.07, 6.45) is 4.56. The van der Waals surface area contributed by atoms with Gasteiger partial charge in [-0.2, -0.15) is 0 Å². The maximum absolute atomic E-state index is 12.5. The van der Waals surface area contributed by atoms with E-state index in [4.69, 9.17) is 0 Å². The number of rotatable bonds is 4. The molecule has 2 aliphatic heterocycles. The van der Waals surface area contributed by atoms with Crippen LogP contribution in [0.1, 0.15) is 21.0 Å². The summed E-state index contributed by atoms with van der Waals surface area (Å²) in [5.74, 6) is 0.224. The van der Waals surface area contributed by atoms with Crippen molar-refractivity contribution in [1.29, 1.82) is 0 Å². The zero-order chi connectivity index (χ0) is 17.3. The third-order valence-electron chi connectivity index (χ3n) is 4.77. The van der Waals surface area contributed by atoms with Crippen LogP contribution in [0.4, 0.5) is 0 Å². The molecule has 130 valence electrons. The second kappa shape index (κ2) is 6.69. The lowest BCUT2D eigenvalue weighted by Gasteiger charge is -2.47. The number of amides is 2. The fourth-order valence-corrected chi connectivity index (χ4v) is 4.30. The van der Waals surface area contributed by atoms with Gasteiger partial charge in [0.15, 0.2) is 0 Å². The molecule has 0 aromatic carbocycles. The van der Waals surface area contributed by atoms with Crippen molar-refractivity contribution >= 4 is 23.2 Å². The van der Waals surface area contributed by atoms with Crippen LogP contribution in [0.15, 0.2) is 24.3 Å². The topological polar surface area (TPSA) is 43.9 Å². The molecule has 1 spiro atoms. The van der Waals surface area contributed by atoms with E-state index < -0.39 is 0 Å². The van der Waals surface area contributed by atoms with Gasteiger partial charge in [-0.1, -0.05) is 6.08 Å². The van der Waals surface area contributed by atoms with Gasteiger partial charge >= 0.3 is 0 Å². The average molecular weight is 347 g/mol. The van der Waals surface area contributed by atoms with Gasteiger partial charge < -0.3 is 14.7 Å². The van der Waals surface area contributed by atoms with E-state index in [2.05, 4.69) is 0 Å². The highest BCUT2D eigenvalue weighted by molar-refractivity contribution is 7.13. The van der Waals surface area contributed by atoms with E-state index in [1.807, 2.05) is 53.9 Å². The largest absolute Gasteiger partial charge is 0.338 e. The second-order valence-electron chi connectivity index (χ2n) is 7.25. The molecule has 3 heterocycles. The predicted octanol–water partition coefficient (Wildman–Crippen LogP) is 1.85. The van der Waals surface area contributed by atoms with Crippen molar-refractivity contribution in [2.45, 2.75) is 13.3 Å². The zero-order valence-corrected chi connectivity index (χ0v) is 15.4. The SMILES string of the molecule is Cc1ccc(C(=O)N2CCC3(CN(C(=O)/C=C/CN(C)C)C3)C2)s1. The van der Waals surface area contributed by atoms with Gasteiger partial charge in [0.05, 0.1) is 4.88 Å². The van der Waals surface area contributed by atoms with Crippen LogP contribution in [0, 0.1) is 12.3 Å².